The number of benzene rings is 1. The molecule has 0 radical (unpaired) electrons. The van der Waals surface area contributed by atoms with Crippen molar-refractivity contribution in [2.75, 3.05) is 11.1 Å². The molecule has 0 saturated heterocycles. The summed E-state index contributed by atoms with van der Waals surface area (Å²) in [4.78, 5) is 12.5. The highest BCUT2D eigenvalue weighted by Gasteiger charge is 2.28. The molecule has 0 unspecified atom stereocenters. The highest BCUT2D eigenvalue weighted by molar-refractivity contribution is 7.91. The Morgan fingerprint density at radius 2 is 1.96 bits per heavy atom. The van der Waals surface area contributed by atoms with Crippen LogP contribution in [0.1, 0.15) is 61.2 Å². The van der Waals surface area contributed by atoms with Crippen LogP contribution < -0.4 is 5.32 Å². The van der Waals surface area contributed by atoms with E-state index >= 15 is 0 Å². The van der Waals surface area contributed by atoms with Crippen molar-refractivity contribution in [3.05, 3.63) is 41.8 Å². The van der Waals surface area contributed by atoms with Crippen molar-refractivity contribution in [3.63, 3.8) is 0 Å². The van der Waals surface area contributed by atoms with Crippen LogP contribution in [0.4, 0.5) is 5.69 Å². The lowest BCUT2D eigenvalue weighted by atomic mass is 10.2. The van der Waals surface area contributed by atoms with Crippen molar-refractivity contribution in [1.29, 1.82) is 0 Å². The molecule has 25 heavy (non-hydrogen) atoms. The van der Waals surface area contributed by atoms with Crippen LogP contribution in [0, 0.1) is 0 Å². The normalized spacial score (nSPS) is 14.4. The summed E-state index contributed by atoms with van der Waals surface area (Å²) in [5.74, 6) is 0.925. The van der Waals surface area contributed by atoms with Gasteiger partial charge >= 0.3 is 0 Å². The number of aromatic nitrogens is 1. The van der Waals surface area contributed by atoms with Crippen LogP contribution in [0.25, 0.3) is 0 Å². The molecule has 2 aromatic rings. The molecule has 0 spiro atoms. The Balaban J connectivity index is 1.62. The van der Waals surface area contributed by atoms with E-state index in [-0.39, 0.29) is 22.2 Å². The van der Waals surface area contributed by atoms with Gasteiger partial charge in [-0.15, -0.1) is 0 Å². The van der Waals surface area contributed by atoms with Crippen molar-refractivity contribution in [3.8, 4) is 0 Å². The first-order chi connectivity index (χ1) is 12.0. The lowest BCUT2D eigenvalue weighted by molar-refractivity contribution is 0.101. The number of nitrogens with one attached hydrogen (secondary N) is 1. The summed E-state index contributed by atoms with van der Waals surface area (Å²) in [6.07, 6.45) is 4.68. The molecule has 0 bridgehead atoms. The van der Waals surface area contributed by atoms with Crippen LogP contribution in [0.2, 0.25) is 0 Å². The lowest BCUT2D eigenvalue weighted by Crippen LogP contribution is -2.12. The van der Waals surface area contributed by atoms with E-state index in [9.17, 15) is 13.2 Å². The average Bonchev–Trinajstić information content (AvgIpc) is 3.32. The first kappa shape index (κ1) is 17.7. The predicted octanol–water partition coefficient (Wildman–Crippen LogP) is 3.77. The van der Waals surface area contributed by atoms with E-state index in [0.717, 1.165) is 31.4 Å². The molecule has 1 fully saturated rings. The standard InChI is InChI=1S/C18H22N2O4S/c1-2-3-4-11-25(22,23)15-9-7-14(8-10-15)19-18(21)16-12-17(24-20-16)13-5-6-13/h7-10,12-13H,2-6,11H2,1H3,(H,19,21). The largest absolute Gasteiger partial charge is 0.360 e. The number of amides is 1. The van der Waals surface area contributed by atoms with Crippen LogP contribution in [0.15, 0.2) is 39.8 Å². The fourth-order valence-corrected chi connectivity index (χ4v) is 3.93. The van der Waals surface area contributed by atoms with Crippen LogP contribution in [0.3, 0.4) is 0 Å². The van der Waals surface area contributed by atoms with Gasteiger partial charge in [-0.1, -0.05) is 24.9 Å². The Morgan fingerprint density at radius 3 is 2.60 bits per heavy atom. The summed E-state index contributed by atoms with van der Waals surface area (Å²) in [5, 5.41) is 6.49. The summed E-state index contributed by atoms with van der Waals surface area (Å²) < 4.78 is 29.6. The summed E-state index contributed by atoms with van der Waals surface area (Å²) in [6.45, 7) is 2.03. The third-order valence-electron chi connectivity index (χ3n) is 4.23. The Morgan fingerprint density at radius 1 is 1.24 bits per heavy atom. The molecule has 0 aliphatic heterocycles. The van der Waals surface area contributed by atoms with Crippen molar-refractivity contribution < 1.29 is 17.7 Å². The number of carbonyl (C=O) groups excluding carboxylic acids is 1. The fourth-order valence-electron chi connectivity index (χ4n) is 2.56. The molecule has 3 rings (SSSR count). The van der Waals surface area contributed by atoms with Crippen LogP contribution in [0.5, 0.6) is 0 Å². The maximum absolute atomic E-state index is 12.2. The zero-order valence-corrected chi connectivity index (χ0v) is 15.0. The van der Waals surface area contributed by atoms with Gasteiger partial charge in [0.15, 0.2) is 15.5 Å². The predicted molar refractivity (Wildman–Crippen MR) is 94.5 cm³/mol. The Hall–Kier alpha value is -2.15. The van der Waals surface area contributed by atoms with Gasteiger partial charge < -0.3 is 9.84 Å². The van der Waals surface area contributed by atoms with Gasteiger partial charge in [-0.2, -0.15) is 0 Å². The lowest BCUT2D eigenvalue weighted by Gasteiger charge is -2.06. The Labute approximate surface area is 147 Å². The number of unbranched alkanes of at least 4 members (excludes halogenated alkanes) is 2. The van der Waals surface area contributed by atoms with Crippen molar-refractivity contribution in [1.82, 2.24) is 5.16 Å². The number of sulfone groups is 1. The number of rotatable bonds is 8. The smallest absolute Gasteiger partial charge is 0.277 e. The third-order valence-corrected chi connectivity index (χ3v) is 6.05. The van der Waals surface area contributed by atoms with Gasteiger partial charge in [-0.3, -0.25) is 4.79 Å². The minimum Gasteiger partial charge on any atom is -0.360 e. The number of carbonyl (C=O) groups is 1. The van der Waals surface area contributed by atoms with E-state index in [1.165, 1.54) is 12.1 Å². The number of anilines is 1. The third kappa shape index (κ3) is 4.48. The molecule has 1 amide bonds. The van der Waals surface area contributed by atoms with Crippen LogP contribution in [-0.2, 0) is 9.84 Å². The molecule has 1 heterocycles. The van der Waals surface area contributed by atoms with E-state index in [2.05, 4.69) is 10.5 Å². The maximum atomic E-state index is 12.2. The zero-order chi connectivity index (χ0) is 17.9. The topological polar surface area (TPSA) is 89.3 Å². The maximum Gasteiger partial charge on any atom is 0.277 e. The molecule has 1 saturated carbocycles. The van der Waals surface area contributed by atoms with Gasteiger partial charge in [0.2, 0.25) is 0 Å². The Kier molecular flexibility index (Phi) is 5.22. The van der Waals surface area contributed by atoms with Gasteiger partial charge in [-0.05, 0) is 43.5 Å². The monoisotopic (exact) mass is 362 g/mol. The molecule has 1 aliphatic rings. The van der Waals surface area contributed by atoms with Gasteiger partial charge in [0.25, 0.3) is 5.91 Å². The molecule has 1 N–H and O–H groups in total. The number of hydrogen-bond donors (Lipinski definition) is 1. The zero-order valence-electron chi connectivity index (χ0n) is 14.2. The minimum atomic E-state index is -3.27. The molecular formula is C18H22N2O4S. The van der Waals surface area contributed by atoms with E-state index in [0.29, 0.717) is 18.0 Å². The molecule has 0 atom stereocenters. The number of nitrogens with zero attached hydrogens (tertiary/aromatic N) is 1. The molecular weight excluding hydrogens is 340 g/mol. The summed E-state index contributed by atoms with van der Waals surface area (Å²) in [6, 6.07) is 7.89. The van der Waals surface area contributed by atoms with E-state index < -0.39 is 9.84 Å². The summed E-state index contributed by atoms with van der Waals surface area (Å²) >= 11 is 0. The van der Waals surface area contributed by atoms with E-state index in [1.807, 2.05) is 6.92 Å². The van der Waals surface area contributed by atoms with E-state index in [1.54, 1.807) is 18.2 Å². The van der Waals surface area contributed by atoms with Crippen molar-refractivity contribution in [2.45, 2.75) is 49.8 Å². The first-order valence-electron chi connectivity index (χ1n) is 8.60. The Bertz CT molecular complexity index is 836. The first-order valence-corrected chi connectivity index (χ1v) is 10.3. The second-order valence-electron chi connectivity index (χ2n) is 6.39. The summed E-state index contributed by atoms with van der Waals surface area (Å²) in [7, 11) is -3.27. The highest BCUT2D eigenvalue weighted by Crippen LogP contribution is 2.40. The average molecular weight is 362 g/mol. The SMILES string of the molecule is CCCCCS(=O)(=O)c1ccc(NC(=O)c2cc(C3CC3)on2)cc1. The second-order valence-corrected chi connectivity index (χ2v) is 8.50. The van der Waals surface area contributed by atoms with Crippen molar-refractivity contribution >= 4 is 21.4 Å². The van der Waals surface area contributed by atoms with Crippen LogP contribution >= 0.6 is 0 Å². The van der Waals surface area contributed by atoms with Crippen LogP contribution in [-0.4, -0.2) is 25.2 Å². The van der Waals surface area contributed by atoms with Crippen molar-refractivity contribution in [2.24, 2.45) is 0 Å². The van der Waals surface area contributed by atoms with Gasteiger partial charge in [0, 0.05) is 17.7 Å². The molecule has 1 aromatic carbocycles. The fraction of sp³-hybridized carbons (Fsp3) is 0.444. The molecule has 6 nitrogen and oxygen atoms in total. The van der Waals surface area contributed by atoms with Gasteiger partial charge in [-0.25, -0.2) is 8.42 Å². The minimum absolute atomic E-state index is 0.148. The molecule has 134 valence electrons. The highest BCUT2D eigenvalue weighted by atomic mass is 32.2. The summed E-state index contributed by atoms with van der Waals surface area (Å²) in [5.41, 5.74) is 0.756. The molecule has 1 aromatic heterocycles. The molecule has 1 aliphatic carbocycles. The van der Waals surface area contributed by atoms with Gasteiger partial charge in [0.1, 0.15) is 5.76 Å². The van der Waals surface area contributed by atoms with E-state index in [4.69, 9.17) is 4.52 Å². The quantitative estimate of drug-likeness (QED) is 0.722. The van der Waals surface area contributed by atoms with Gasteiger partial charge in [0.05, 0.1) is 10.6 Å². The number of hydrogen-bond acceptors (Lipinski definition) is 5. The molecule has 7 heteroatoms. The second kappa shape index (κ2) is 7.39.